The third-order valence-corrected chi connectivity index (χ3v) is 3.69. The number of carbonyl (C=O) groups excluding carboxylic acids is 2. The standard InChI is InChI=1S/C14H16Cl2O2/c1-9(13(15)17)7-11-5-3-4-6-12(11)8-10(2)14(16)18/h3-6,9-10H,7-8H2,1-2H3. The Morgan fingerprint density at radius 3 is 1.56 bits per heavy atom. The van der Waals surface area contributed by atoms with Gasteiger partial charge in [-0.3, -0.25) is 9.59 Å². The van der Waals surface area contributed by atoms with Crippen LogP contribution in [0, 0.1) is 11.8 Å². The molecule has 2 atom stereocenters. The lowest BCUT2D eigenvalue weighted by Crippen LogP contribution is -2.12. The highest BCUT2D eigenvalue weighted by molar-refractivity contribution is 6.64. The van der Waals surface area contributed by atoms with E-state index in [2.05, 4.69) is 0 Å². The molecule has 0 heterocycles. The average Bonchev–Trinajstić information content (AvgIpc) is 2.31. The molecular formula is C14H16Cl2O2. The van der Waals surface area contributed by atoms with Crippen molar-refractivity contribution < 1.29 is 9.59 Å². The van der Waals surface area contributed by atoms with Crippen LogP contribution >= 0.6 is 23.2 Å². The first-order valence-corrected chi connectivity index (χ1v) is 6.63. The molecule has 0 amide bonds. The molecule has 0 aliphatic heterocycles. The molecule has 1 aromatic rings. The second-order valence-corrected chi connectivity index (χ2v) is 5.33. The number of rotatable bonds is 6. The normalized spacial score (nSPS) is 14.0. The minimum atomic E-state index is -0.341. The Hall–Kier alpha value is -0.860. The molecule has 0 N–H and O–H groups in total. The van der Waals surface area contributed by atoms with E-state index in [1.807, 2.05) is 24.3 Å². The summed E-state index contributed by atoms with van der Waals surface area (Å²) >= 11 is 10.9. The first kappa shape index (κ1) is 15.2. The molecule has 1 aromatic carbocycles. The van der Waals surface area contributed by atoms with Crippen LogP contribution in [0.2, 0.25) is 0 Å². The maximum absolute atomic E-state index is 11.1. The molecule has 0 spiro atoms. The maximum Gasteiger partial charge on any atom is 0.224 e. The number of hydrogen-bond donors (Lipinski definition) is 0. The molecule has 0 bridgehead atoms. The van der Waals surface area contributed by atoms with E-state index >= 15 is 0 Å². The highest BCUT2D eigenvalue weighted by Crippen LogP contribution is 2.19. The summed E-state index contributed by atoms with van der Waals surface area (Å²) in [5.74, 6) is -0.454. The smallest absolute Gasteiger partial charge is 0.224 e. The van der Waals surface area contributed by atoms with E-state index in [9.17, 15) is 9.59 Å². The molecule has 0 saturated heterocycles. The van der Waals surface area contributed by atoms with Gasteiger partial charge >= 0.3 is 0 Å². The zero-order valence-corrected chi connectivity index (χ0v) is 12.0. The van der Waals surface area contributed by atoms with Crippen LogP contribution in [0.15, 0.2) is 24.3 Å². The van der Waals surface area contributed by atoms with Crippen LogP contribution in [-0.2, 0) is 22.4 Å². The van der Waals surface area contributed by atoms with Crippen LogP contribution in [0.1, 0.15) is 25.0 Å². The molecule has 2 unspecified atom stereocenters. The van der Waals surface area contributed by atoms with Crippen molar-refractivity contribution in [3.63, 3.8) is 0 Å². The molecule has 18 heavy (non-hydrogen) atoms. The molecule has 0 aromatic heterocycles. The Kier molecular flexibility index (Phi) is 5.83. The Morgan fingerprint density at radius 2 is 1.28 bits per heavy atom. The number of benzene rings is 1. The Bertz CT molecular complexity index is 402. The topological polar surface area (TPSA) is 34.1 Å². The SMILES string of the molecule is CC(Cc1ccccc1CC(C)C(=O)Cl)C(=O)Cl. The van der Waals surface area contributed by atoms with Gasteiger partial charge in [0.2, 0.25) is 10.5 Å². The summed E-state index contributed by atoms with van der Waals surface area (Å²) in [5, 5.41) is -0.683. The molecular weight excluding hydrogens is 271 g/mol. The summed E-state index contributed by atoms with van der Waals surface area (Å²) in [5.41, 5.74) is 2.09. The van der Waals surface area contributed by atoms with Gasteiger partial charge in [0.05, 0.1) is 0 Å². The van der Waals surface area contributed by atoms with E-state index in [0.29, 0.717) is 12.8 Å². The van der Waals surface area contributed by atoms with Crippen molar-refractivity contribution in [3.8, 4) is 0 Å². The van der Waals surface area contributed by atoms with Crippen molar-refractivity contribution in [2.75, 3.05) is 0 Å². The molecule has 98 valence electrons. The van der Waals surface area contributed by atoms with Crippen molar-refractivity contribution in [2.24, 2.45) is 11.8 Å². The highest BCUT2D eigenvalue weighted by atomic mass is 35.5. The molecule has 0 aliphatic carbocycles. The van der Waals surface area contributed by atoms with Crippen LogP contribution in [0.25, 0.3) is 0 Å². The van der Waals surface area contributed by atoms with E-state index in [4.69, 9.17) is 23.2 Å². The summed E-state index contributed by atoms with van der Waals surface area (Å²) in [6, 6.07) is 7.74. The van der Waals surface area contributed by atoms with Crippen LogP contribution in [0.5, 0.6) is 0 Å². The van der Waals surface area contributed by atoms with Gasteiger partial charge < -0.3 is 0 Å². The van der Waals surface area contributed by atoms with E-state index in [1.54, 1.807) is 13.8 Å². The van der Waals surface area contributed by atoms with Crippen molar-refractivity contribution >= 4 is 33.7 Å². The fourth-order valence-electron chi connectivity index (χ4n) is 1.78. The van der Waals surface area contributed by atoms with Gasteiger partial charge in [0, 0.05) is 11.8 Å². The van der Waals surface area contributed by atoms with Crippen LogP contribution in [0.4, 0.5) is 0 Å². The summed E-state index contributed by atoms with van der Waals surface area (Å²) in [7, 11) is 0. The van der Waals surface area contributed by atoms with E-state index < -0.39 is 0 Å². The predicted molar refractivity (Wildman–Crippen MR) is 73.9 cm³/mol. The highest BCUT2D eigenvalue weighted by Gasteiger charge is 2.16. The zero-order chi connectivity index (χ0) is 13.7. The second kappa shape index (κ2) is 6.91. The summed E-state index contributed by atoms with van der Waals surface area (Å²) in [4.78, 5) is 22.2. The van der Waals surface area contributed by atoms with Crippen molar-refractivity contribution in [2.45, 2.75) is 26.7 Å². The Balaban J connectivity index is 2.86. The second-order valence-electron chi connectivity index (χ2n) is 4.59. The molecule has 2 nitrogen and oxygen atoms in total. The minimum Gasteiger partial charge on any atom is -0.281 e. The monoisotopic (exact) mass is 286 g/mol. The lowest BCUT2D eigenvalue weighted by Gasteiger charge is -2.13. The fourth-order valence-corrected chi connectivity index (χ4v) is 1.93. The Morgan fingerprint density at radius 1 is 0.944 bits per heavy atom. The zero-order valence-electron chi connectivity index (χ0n) is 10.5. The van der Waals surface area contributed by atoms with Crippen LogP contribution < -0.4 is 0 Å². The third kappa shape index (κ3) is 4.43. The summed E-state index contributed by atoms with van der Waals surface area (Å²) in [6.07, 6.45) is 1.17. The summed E-state index contributed by atoms with van der Waals surface area (Å²) < 4.78 is 0. The molecule has 0 saturated carbocycles. The number of halogens is 2. The van der Waals surface area contributed by atoms with Gasteiger partial charge in [-0.15, -0.1) is 0 Å². The lowest BCUT2D eigenvalue weighted by molar-refractivity contribution is -0.115. The maximum atomic E-state index is 11.1. The molecule has 1 rings (SSSR count). The fraction of sp³-hybridized carbons (Fsp3) is 0.429. The molecule has 0 fully saturated rings. The van der Waals surface area contributed by atoms with Gasteiger partial charge in [-0.2, -0.15) is 0 Å². The predicted octanol–water partition coefficient (Wildman–Crippen LogP) is 3.57. The van der Waals surface area contributed by atoms with Gasteiger partial charge in [-0.1, -0.05) is 38.1 Å². The Labute approximate surface area is 117 Å². The first-order chi connectivity index (χ1) is 8.41. The minimum absolute atomic E-state index is 0.227. The quantitative estimate of drug-likeness (QED) is 0.749. The van der Waals surface area contributed by atoms with E-state index in [-0.39, 0.29) is 22.3 Å². The average molecular weight is 287 g/mol. The summed E-state index contributed by atoms with van der Waals surface area (Å²) in [6.45, 7) is 3.59. The number of carbonyl (C=O) groups is 2. The van der Waals surface area contributed by atoms with E-state index in [0.717, 1.165) is 11.1 Å². The molecule has 0 radical (unpaired) electrons. The van der Waals surface area contributed by atoms with Crippen molar-refractivity contribution in [1.29, 1.82) is 0 Å². The third-order valence-electron chi connectivity index (χ3n) is 2.95. The van der Waals surface area contributed by atoms with Crippen molar-refractivity contribution in [3.05, 3.63) is 35.4 Å². The molecule has 0 aliphatic rings. The van der Waals surface area contributed by atoms with Gasteiger partial charge in [-0.05, 0) is 47.2 Å². The van der Waals surface area contributed by atoms with Crippen LogP contribution in [-0.4, -0.2) is 10.5 Å². The number of hydrogen-bond acceptors (Lipinski definition) is 2. The first-order valence-electron chi connectivity index (χ1n) is 5.87. The lowest BCUT2D eigenvalue weighted by atomic mass is 9.92. The van der Waals surface area contributed by atoms with Gasteiger partial charge in [0.1, 0.15) is 0 Å². The van der Waals surface area contributed by atoms with E-state index in [1.165, 1.54) is 0 Å². The van der Waals surface area contributed by atoms with Gasteiger partial charge in [-0.25, -0.2) is 0 Å². The van der Waals surface area contributed by atoms with Crippen molar-refractivity contribution in [1.82, 2.24) is 0 Å². The van der Waals surface area contributed by atoms with Crippen LogP contribution in [0.3, 0.4) is 0 Å². The molecule has 4 heteroatoms. The largest absolute Gasteiger partial charge is 0.281 e. The van der Waals surface area contributed by atoms with Gasteiger partial charge in [0.25, 0.3) is 0 Å². The van der Waals surface area contributed by atoms with Gasteiger partial charge in [0.15, 0.2) is 0 Å².